The number of halogens is 2. The van der Waals surface area contributed by atoms with E-state index in [4.69, 9.17) is 16.3 Å². The third kappa shape index (κ3) is 3.11. The molecule has 2 aromatic carbocycles. The van der Waals surface area contributed by atoms with Gasteiger partial charge in [-0.05, 0) is 35.7 Å². The third-order valence-corrected chi connectivity index (χ3v) is 3.52. The number of aliphatic hydroxyl groups excluding tert-OH is 1. The first-order valence-corrected chi connectivity index (χ1v) is 6.66. The lowest BCUT2D eigenvalue weighted by atomic mass is 10.00. The molecule has 0 bridgehead atoms. The maximum Gasteiger partial charge on any atom is 0.168 e. The largest absolute Gasteiger partial charge is 0.494 e. The van der Waals surface area contributed by atoms with Gasteiger partial charge in [-0.25, -0.2) is 4.39 Å². The second kappa shape index (κ2) is 6.25. The fraction of sp³-hybridized carbons (Fsp3) is 0.250. The molecular weight excluding hydrogens is 279 g/mol. The van der Waals surface area contributed by atoms with Crippen molar-refractivity contribution in [2.45, 2.75) is 19.4 Å². The van der Waals surface area contributed by atoms with E-state index >= 15 is 0 Å². The molecule has 0 saturated heterocycles. The Kier molecular flexibility index (Phi) is 4.63. The SMILES string of the molecule is COc1cccc(CC(O)c2ccc(C)cc2Cl)c1F. The van der Waals surface area contributed by atoms with Crippen LogP contribution in [0.5, 0.6) is 5.75 Å². The molecule has 0 amide bonds. The highest BCUT2D eigenvalue weighted by Gasteiger charge is 2.16. The maximum absolute atomic E-state index is 14.0. The van der Waals surface area contributed by atoms with Gasteiger partial charge in [0, 0.05) is 11.4 Å². The molecule has 0 aromatic heterocycles. The van der Waals surface area contributed by atoms with Crippen LogP contribution < -0.4 is 4.74 Å². The topological polar surface area (TPSA) is 29.5 Å². The zero-order chi connectivity index (χ0) is 14.7. The van der Waals surface area contributed by atoms with E-state index in [9.17, 15) is 9.50 Å². The van der Waals surface area contributed by atoms with Crippen molar-refractivity contribution in [1.82, 2.24) is 0 Å². The summed E-state index contributed by atoms with van der Waals surface area (Å²) in [4.78, 5) is 0. The zero-order valence-corrected chi connectivity index (χ0v) is 12.1. The Hall–Kier alpha value is -1.58. The number of benzene rings is 2. The number of hydrogen-bond donors (Lipinski definition) is 1. The van der Waals surface area contributed by atoms with E-state index < -0.39 is 11.9 Å². The van der Waals surface area contributed by atoms with E-state index in [1.807, 2.05) is 13.0 Å². The first kappa shape index (κ1) is 14.8. The lowest BCUT2D eigenvalue weighted by molar-refractivity contribution is 0.177. The molecule has 106 valence electrons. The Morgan fingerprint density at radius 1 is 1.30 bits per heavy atom. The minimum absolute atomic E-state index is 0.145. The quantitative estimate of drug-likeness (QED) is 0.921. The second-order valence-electron chi connectivity index (χ2n) is 4.68. The van der Waals surface area contributed by atoms with Crippen LogP contribution in [0.2, 0.25) is 5.02 Å². The molecule has 1 N–H and O–H groups in total. The number of rotatable bonds is 4. The summed E-state index contributed by atoms with van der Waals surface area (Å²) in [5, 5.41) is 10.7. The third-order valence-electron chi connectivity index (χ3n) is 3.19. The molecule has 0 saturated carbocycles. The van der Waals surface area contributed by atoms with Crippen molar-refractivity contribution in [3.63, 3.8) is 0 Å². The number of aliphatic hydroxyl groups is 1. The molecule has 20 heavy (non-hydrogen) atoms. The van der Waals surface area contributed by atoms with Crippen LogP contribution >= 0.6 is 11.6 Å². The maximum atomic E-state index is 14.0. The number of hydrogen-bond acceptors (Lipinski definition) is 2. The van der Waals surface area contributed by atoms with Crippen molar-refractivity contribution in [1.29, 1.82) is 0 Å². The lowest BCUT2D eigenvalue weighted by Crippen LogP contribution is -2.05. The van der Waals surface area contributed by atoms with Gasteiger partial charge in [-0.3, -0.25) is 0 Å². The standard InChI is InChI=1S/C16H16ClFO2/c1-10-6-7-12(13(17)8-10)14(19)9-11-4-3-5-15(20-2)16(11)18/h3-8,14,19H,9H2,1-2H3. The highest BCUT2D eigenvalue weighted by Crippen LogP contribution is 2.29. The van der Waals surface area contributed by atoms with Crippen molar-refractivity contribution in [3.05, 3.63) is 63.9 Å². The van der Waals surface area contributed by atoms with Crippen molar-refractivity contribution in [2.75, 3.05) is 7.11 Å². The average Bonchev–Trinajstić information content (AvgIpc) is 2.41. The Bertz CT molecular complexity index is 613. The molecule has 2 rings (SSSR count). The predicted octanol–water partition coefficient (Wildman–Crippen LogP) is 4.07. The molecule has 0 spiro atoms. The Morgan fingerprint density at radius 3 is 2.70 bits per heavy atom. The molecule has 0 radical (unpaired) electrons. The molecule has 0 heterocycles. The molecular formula is C16H16ClFO2. The van der Waals surface area contributed by atoms with Gasteiger partial charge in [-0.1, -0.05) is 35.9 Å². The van der Waals surface area contributed by atoms with Gasteiger partial charge in [-0.15, -0.1) is 0 Å². The highest BCUT2D eigenvalue weighted by atomic mass is 35.5. The van der Waals surface area contributed by atoms with Crippen LogP contribution in [0.15, 0.2) is 36.4 Å². The molecule has 1 unspecified atom stereocenters. The van der Waals surface area contributed by atoms with Gasteiger partial charge in [0.05, 0.1) is 13.2 Å². The summed E-state index contributed by atoms with van der Waals surface area (Å²) in [6, 6.07) is 10.3. The number of aryl methyl sites for hydroxylation is 1. The van der Waals surface area contributed by atoms with E-state index in [2.05, 4.69) is 0 Å². The first-order chi connectivity index (χ1) is 9.52. The molecule has 0 aliphatic rings. The predicted molar refractivity (Wildman–Crippen MR) is 77.8 cm³/mol. The van der Waals surface area contributed by atoms with Gasteiger partial charge in [0.15, 0.2) is 11.6 Å². The van der Waals surface area contributed by atoms with Crippen LogP contribution in [-0.4, -0.2) is 12.2 Å². The second-order valence-corrected chi connectivity index (χ2v) is 5.09. The molecule has 0 aliphatic carbocycles. The van der Waals surface area contributed by atoms with Crippen molar-refractivity contribution in [2.24, 2.45) is 0 Å². The van der Waals surface area contributed by atoms with Gasteiger partial charge < -0.3 is 9.84 Å². The van der Waals surface area contributed by atoms with Crippen LogP contribution in [0.3, 0.4) is 0 Å². The van der Waals surface area contributed by atoms with Gasteiger partial charge in [0.1, 0.15) is 0 Å². The molecule has 1 atom stereocenters. The Morgan fingerprint density at radius 2 is 2.05 bits per heavy atom. The fourth-order valence-corrected chi connectivity index (χ4v) is 2.45. The molecule has 4 heteroatoms. The van der Waals surface area contributed by atoms with E-state index in [0.29, 0.717) is 16.1 Å². The first-order valence-electron chi connectivity index (χ1n) is 6.28. The molecule has 2 nitrogen and oxygen atoms in total. The summed E-state index contributed by atoms with van der Waals surface area (Å²) in [6.07, 6.45) is -0.712. The van der Waals surface area contributed by atoms with Gasteiger partial charge in [0.25, 0.3) is 0 Å². The van der Waals surface area contributed by atoms with E-state index in [-0.39, 0.29) is 12.2 Å². The summed E-state index contributed by atoms with van der Waals surface area (Å²) in [5.74, 6) is -0.276. The lowest BCUT2D eigenvalue weighted by Gasteiger charge is -2.14. The highest BCUT2D eigenvalue weighted by molar-refractivity contribution is 6.31. The summed E-state index contributed by atoms with van der Waals surface area (Å²) >= 11 is 6.11. The van der Waals surface area contributed by atoms with E-state index in [1.54, 1.807) is 30.3 Å². The Balaban J connectivity index is 2.25. The summed E-state index contributed by atoms with van der Waals surface area (Å²) in [5.41, 5.74) is 2.01. The zero-order valence-electron chi connectivity index (χ0n) is 11.4. The summed E-state index contributed by atoms with van der Waals surface area (Å²) < 4.78 is 19.0. The summed E-state index contributed by atoms with van der Waals surface area (Å²) in [6.45, 7) is 1.92. The van der Waals surface area contributed by atoms with Crippen LogP contribution in [0, 0.1) is 12.7 Å². The van der Waals surface area contributed by atoms with Crippen molar-refractivity contribution < 1.29 is 14.2 Å². The van der Waals surface area contributed by atoms with Crippen LogP contribution in [0.25, 0.3) is 0 Å². The fourth-order valence-electron chi connectivity index (χ4n) is 2.09. The number of methoxy groups -OCH3 is 1. The minimum Gasteiger partial charge on any atom is -0.494 e. The van der Waals surface area contributed by atoms with E-state index in [0.717, 1.165) is 5.56 Å². The minimum atomic E-state index is -0.857. The van der Waals surface area contributed by atoms with Gasteiger partial charge >= 0.3 is 0 Å². The normalized spacial score (nSPS) is 12.2. The average molecular weight is 295 g/mol. The van der Waals surface area contributed by atoms with Gasteiger partial charge in [0.2, 0.25) is 0 Å². The van der Waals surface area contributed by atoms with Crippen LogP contribution in [-0.2, 0) is 6.42 Å². The van der Waals surface area contributed by atoms with Crippen LogP contribution in [0.4, 0.5) is 4.39 Å². The van der Waals surface area contributed by atoms with Crippen LogP contribution in [0.1, 0.15) is 22.8 Å². The monoisotopic (exact) mass is 294 g/mol. The molecule has 0 aliphatic heterocycles. The van der Waals surface area contributed by atoms with Gasteiger partial charge in [-0.2, -0.15) is 0 Å². The summed E-state index contributed by atoms with van der Waals surface area (Å²) in [7, 11) is 1.41. The molecule has 2 aromatic rings. The van der Waals surface area contributed by atoms with E-state index in [1.165, 1.54) is 7.11 Å². The smallest absolute Gasteiger partial charge is 0.168 e. The molecule has 0 fully saturated rings. The number of ether oxygens (including phenoxy) is 1. The Labute approximate surface area is 122 Å². The van der Waals surface area contributed by atoms with Crippen molar-refractivity contribution >= 4 is 11.6 Å². The van der Waals surface area contributed by atoms with Crippen molar-refractivity contribution in [3.8, 4) is 5.75 Å².